The second kappa shape index (κ2) is 7.63. The molecule has 0 amide bonds. The van der Waals surface area contributed by atoms with E-state index in [9.17, 15) is 4.79 Å². The van der Waals surface area contributed by atoms with Crippen LogP contribution in [-0.4, -0.2) is 18.4 Å². The van der Waals surface area contributed by atoms with Crippen LogP contribution in [0.15, 0.2) is 12.7 Å². The van der Waals surface area contributed by atoms with Gasteiger partial charge in [0.1, 0.15) is 5.78 Å². The molecule has 0 aliphatic carbocycles. The quantitative estimate of drug-likeness (QED) is 0.469. The van der Waals surface area contributed by atoms with Crippen molar-refractivity contribution in [2.24, 2.45) is 0 Å². The van der Waals surface area contributed by atoms with Crippen molar-refractivity contribution in [3.05, 3.63) is 12.7 Å². The number of Topliss-reactive ketones (excluding diaryl/α,β-unsaturated/α-hetero) is 1. The van der Waals surface area contributed by atoms with Crippen LogP contribution in [0.2, 0.25) is 0 Å². The first-order valence-electron chi connectivity index (χ1n) is 5.87. The molecule has 0 saturated carbocycles. The highest BCUT2D eigenvalue weighted by Gasteiger charge is 2.26. The molecule has 0 aromatic heterocycles. The monoisotopic (exact) mass is 211 g/mol. The summed E-state index contributed by atoms with van der Waals surface area (Å²) in [7, 11) is 1.86. The predicted molar refractivity (Wildman–Crippen MR) is 66.0 cm³/mol. The van der Waals surface area contributed by atoms with Crippen molar-refractivity contribution >= 4 is 5.78 Å². The largest absolute Gasteiger partial charge is 0.308 e. The Bertz CT molecular complexity index is 201. The average Bonchev–Trinajstić information content (AvgIpc) is 2.22. The van der Waals surface area contributed by atoms with Gasteiger partial charge < -0.3 is 5.32 Å². The number of carbonyl (C=O) groups excluding carboxylic acids is 1. The Morgan fingerprint density at radius 1 is 1.33 bits per heavy atom. The van der Waals surface area contributed by atoms with E-state index in [-0.39, 0.29) is 11.3 Å². The van der Waals surface area contributed by atoms with E-state index in [2.05, 4.69) is 11.9 Å². The van der Waals surface area contributed by atoms with E-state index in [0.717, 1.165) is 19.3 Å². The molecule has 0 unspecified atom stereocenters. The van der Waals surface area contributed by atoms with Crippen molar-refractivity contribution in [3.8, 4) is 0 Å². The summed E-state index contributed by atoms with van der Waals surface area (Å²) in [6.07, 6.45) is 8.80. The highest BCUT2D eigenvalue weighted by atomic mass is 16.1. The Hall–Kier alpha value is -0.630. The minimum Gasteiger partial charge on any atom is -0.308 e. The van der Waals surface area contributed by atoms with Crippen molar-refractivity contribution in [3.63, 3.8) is 0 Å². The van der Waals surface area contributed by atoms with Gasteiger partial charge in [0.05, 0.1) is 5.54 Å². The van der Waals surface area contributed by atoms with Gasteiger partial charge in [-0.05, 0) is 40.2 Å². The maximum absolute atomic E-state index is 11.4. The molecule has 1 N–H and O–H groups in total. The van der Waals surface area contributed by atoms with Crippen LogP contribution in [0.3, 0.4) is 0 Å². The molecule has 0 aliphatic heterocycles. The van der Waals surface area contributed by atoms with Crippen LogP contribution in [0.4, 0.5) is 0 Å². The lowest BCUT2D eigenvalue weighted by atomic mass is 9.90. The molecule has 0 saturated heterocycles. The molecule has 0 aromatic carbocycles. The maximum atomic E-state index is 11.4. The zero-order valence-corrected chi connectivity index (χ0v) is 10.4. The van der Waals surface area contributed by atoms with Crippen molar-refractivity contribution in [1.82, 2.24) is 5.32 Å². The lowest BCUT2D eigenvalue weighted by Crippen LogP contribution is -2.46. The number of unbranched alkanes of at least 4 members (excludes halogenated alkanes) is 4. The summed E-state index contributed by atoms with van der Waals surface area (Å²) in [6.45, 7) is 7.35. The summed E-state index contributed by atoms with van der Waals surface area (Å²) in [6, 6.07) is 0. The topological polar surface area (TPSA) is 29.1 Å². The van der Waals surface area contributed by atoms with Crippen molar-refractivity contribution in [2.45, 2.75) is 57.9 Å². The molecule has 0 rings (SSSR count). The van der Waals surface area contributed by atoms with Gasteiger partial charge in [0.15, 0.2) is 0 Å². The van der Waals surface area contributed by atoms with Crippen molar-refractivity contribution in [1.29, 1.82) is 0 Å². The molecule has 2 nitrogen and oxygen atoms in total. The van der Waals surface area contributed by atoms with Crippen LogP contribution in [0, 0.1) is 0 Å². The summed E-state index contributed by atoms with van der Waals surface area (Å²) in [5, 5.41) is 3.11. The first kappa shape index (κ1) is 14.4. The Balaban J connectivity index is 3.64. The molecule has 0 bridgehead atoms. The molecule has 0 spiro atoms. The highest BCUT2D eigenvalue weighted by molar-refractivity contribution is 5.85. The first-order valence-corrected chi connectivity index (χ1v) is 5.87. The molecule has 0 heterocycles. The smallest absolute Gasteiger partial charge is 0.149 e. The molecule has 15 heavy (non-hydrogen) atoms. The number of nitrogens with one attached hydrogen (secondary N) is 1. The van der Waals surface area contributed by atoms with Gasteiger partial charge in [0.2, 0.25) is 0 Å². The molecule has 0 radical (unpaired) electrons. The fraction of sp³-hybridized carbons (Fsp3) is 0.769. The summed E-state index contributed by atoms with van der Waals surface area (Å²) in [4.78, 5) is 11.4. The molecular formula is C13H25NO. The third-order valence-corrected chi connectivity index (χ3v) is 3.16. The Kier molecular flexibility index (Phi) is 7.31. The van der Waals surface area contributed by atoms with Gasteiger partial charge in [-0.3, -0.25) is 4.79 Å². The van der Waals surface area contributed by atoms with Gasteiger partial charge in [-0.15, -0.1) is 6.58 Å². The number of rotatable bonds is 9. The van der Waals surface area contributed by atoms with Crippen LogP contribution in [0.1, 0.15) is 52.4 Å². The number of carbonyl (C=O) groups is 1. The number of likely N-dealkylation sites (N-methyl/N-ethyl adjacent to an activating group) is 1. The third-order valence-electron chi connectivity index (χ3n) is 3.16. The van der Waals surface area contributed by atoms with Gasteiger partial charge in [-0.25, -0.2) is 0 Å². The van der Waals surface area contributed by atoms with Gasteiger partial charge >= 0.3 is 0 Å². The van der Waals surface area contributed by atoms with E-state index in [4.69, 9.17) is 0 Å². The summed E-state index contributed by atoms with van der Waals surface area (Å²) < 4.78 is 0. The fourth-order valence-electron chi connectivity index (χ4n) is 1.60. The molecule has 88 valence electrons. The van der Waals surface area contributed by atoms with Crippen molar-refractivity contribution < 1.29 is 4.79 Å². The molecule has 0 aromatic rings. The molecule has 1 atom stereocenters. The van der Waals surface area contributed by atoms with E-state index in [1.165, 1.54) is 19.3 Å². The van der Waals surface area contributed by atoms with E-state index in [1.807, 2.05) is 20.0 Å². The van der Waals surface area contributed by atoms with Gasteiger partial charge in [0.25, 0.3) is 0 Å². The van der Waals surface area contributed by atoms with Crippen LogP contribution >= 0.6 is 0 Å². The normalized spacial score (nSPS) is 14.6. The number of ketones is 1. The van der Waals surface area contributed by atoms with Crippen LogP contribution in [0.5, 0.6) is 0 Å². The van der Waals surface area contributed by atoms with Crippen LogP contribution in [-0.2, 0) is 4.79 Å². The predicted octanol–water partition coefficient (Wildman–Crippen LogP) is 3.08. The van der Waals surface area contributed by atoms with Crippen molar-refractivity contribution in [2.75, 3.05) is 7.05 Å². The Labute approximate surface area is 94.1 Å². The fourth-order valence-corrected chi connectivity index (χ4v) is 1.60. The van der Waals surface area contributed by atoms with Crippen LogP contribution < -0.4 is 5.32 Å². The second-order valence-electron chi connectivity index (χ2n) is 4.38. The Morgan fingerprint density at radius 2 is 1.93 bits per heavy atom. The zero-order valence-electron chi connectivity index (χ0n) is 10.4. The lowest BCUT2D eigenvalue weighted by molar-refractivity contribution is -0.122. The van der Waals surface area contributed by atoms with E-state index < -0.39 is 0 Å². The standard InChI is InChI=1S/C13H25NO/c1-5-6-7-8-9-10-11-13(3,14-4)12(2)15/h5,14H,1,6-11H2,2-4H3/t13-/m0/s1. The molecule has 2 heteroatoms. The average molecular weight is 211 g/mol. The summed E-state index contributed by atoms with van der Waals surface area (Å²) in [5.41, 5.74) is -0.321. The molecule has 0 aliphatic rings. The number of hydrogen-bond acceptors (Lipinski definition) is 2. The minimum atomic E-state index is -0.321. The molecular weight excluding hydrogens is 186 g/mol. The number of allylic oxidation sites excluding steroid dienone is 1. The minimum absolute atomic E-state index is 0.232. The third kappa shape index (κ3) is 5.73. The summed E-state index contributed by atoms with van der Waals surface area (Å²) in [5.74, 6) is 0.232. The summed E-state index contributed by atoms with van der Waals surface area (Å²) >= 11 is 0. The number of hydrogen-bond donors (Lipinski definition) is 1. The second-order valence-corrected chi connectivity index (χ2v) is 4.38. The SMILES string of the molecule is C=CCCCCCC[C@](C)(NC)C(C)=O. The maximum Gasteiger partial charge on any atom is 0.149 e. The lowest BCUT2D eigenvalue weighted by Gasteiger charge is -2.26. The first-order chi connectivity index (χ1) is 7.06. The van der Waals surface area contributed by atoms with E-state index in [1.54, 1.807) is 6.92 Å². The Morgan fingerprint density at radius 3 is 2.40 bits per heavy atom. The van der Waals surface area contributed by atoms with E-state index >= 15 is 0 Å². The van der Waals surface area contributed by atoms with Gasteiger partial charge in [0, 0.05) is 0 Å². The van der Waals surface area contributed by atoms with Gasteiger partial charge in [-0.1, -0.05) is 25.3 Å². The van der Waals surface area contributed by atoms with Crippen LogP contribution in [0.25, 0.3) is 0 Å². The zero-order chi connectivity index (χ0) is 11.7. The van der Waals surface area contributed by atoms with E-state index in [0.29, 0.717) is 0 Å². The highest BCUT2D eigenvalue weighted by Crippen LogP contribution is 2.16. The molecule has 0 fully saturated rings. The van der Waals surface area contributed by atoms with Gasteiger partial charge in [-0.2, -0.15) is 0 Å².